The molecule has 1 heterocycles. The van der Waals surface area contributed by atoms with Crippen LogP contribution >= 0.6 is 11.6 Å². The molecule has 32 heavy (non-hydrogen) atoms. The Kier molecular flexibility index (Phi) is 6.64. The van der Waals surface area contributed by atoms with Crippen LogP contribution in [0.25, 0.3) is 0 Å². The van der Waals surface area contributed by atoms with E-state index in [9.17, 15) is 19.7 Å². The lowest BCUT2D eigenvalue weighted by Gasteiger charge is -2.37. The Balaban J connectivity index is 2.34. The Morgan fingerprint density at radius 2 is 1.50 bits per heavy atom. The lowest BCUT2D eigenvalue weighted by Crippen LogP contribution is -2.35. The number of carbonyl (C=O) groups excluding carboxylic acids is 2. The second-order valence-electron chi connectivity index (χ2n) is 7.08. The average molecular weight is 457 g/mol. The summed E-state index contributed by atoms with van der Waals surface area (Å²) in [4.78, 5) is 38.4. The third-order valence-electron chi connectivity index (χ3n) is 5.34. The van der Waals surface area contributed by atoms with Crippen molar-refractivity contribution >= 4 is 34.9 Å². The van der Waals surface area contributed by atoms with Gasteiger partial charge in [-0.15, -0.1) is 0 Å². The SMILES string of the molecule is COC(=O)C1=C(C)N(c2ccc(Cl)cc2)C(C)=C(C(=O)OC)C1c1cccc([N+](=O)[O-])c1. The van der Waals surface area contributed by atoms with Crippen LogP contribution in [0.15, 0.2) is 71.1 Å². The van der Waals surface area contributed by atoms with Gasteiger partial charge in [0.05, 0.1) is 36.2 Å². The predicted molar refractivity (Wildman–Crippen MR) is 119 cm³/mol. The predicted octanol–water partition coefficient (Wildman–Crippen LogP) is 4.75. The fourth-order valence-electron chi connectivity index (χ4n) is 3.93. The van der Waals surface area contributed by atoms with E-state index in [0.717, 1.165) is 0 Å². The van der Waals surface area contributed by atoms with Gasteiger partial charge in [0.1, 0.15) is 0 Å². The summed E-state index contributed by atoms with van der Waals surface area (Å²) < 4.78 is 10.1. The van der Waals surface area contributed by atoms with Gasteiger partial charge in [0.2, 0.25) is 0 Å². The number of nitro benzene ring substituents is 1. The zero-order chi connectivity index (χ0) is 23.6. The first-order chi connectivity index (χ1) is 15.2. The molecule has 0 saturated carbocycles. The van der Waals surface area contributed by atoms with Gasteiger partial charge in [-0.1, -0.05) is 23.7 Å². The number of nitro groups is 1. The van der Waals surface area contributed by atoms with Gasteiger partial charge in [0.15, 0.2) is 0 Å². The van der Waals surface area contributed by atoms with Crippen molar-refractivity contribution in [1.82, 2.24) is 0 Å². The average Bonchev–Trinajstić information content (AvgIpc) is 2.79. The van der Waals surface area contributed by atoms with E-state index < -0.39 is 22.8 Å². The number of halogens is 1. The van der Waals surface area contributed by atoms with Crippen LogP contribution in [0.5, 0.6) is 0 Å². The zero-order valence-corrected chi connectivity index (χ0v) is 18.7. The normalized spacial score (nSPS) is 14.5. The van der Waals surface area contributed by atoms with Crippen LogP contribution in [0.2, 0.25) is 5.02 Å². The van der Waals surface area contributed by atoms with Gasteiger partial charge in [-0.25, -0.2) is 9.59 Å². The van der Waals surface area contributed by atoms with E-state index in [1.54, 1.807) is 49.1 Å². The molecule has 0 atom stereocenters. The Morgan fingerprint density at radius 1 is 0.969 bits per heavy atom. The third kappa shape index (κ3) is 4.09. The third-order valence-corrected chi connectivity index (χ3v) is 5.59. The Bertz CT molecular complexity index is 1110. The number of allylic oxidation sites excluding steroid dienone is 2. The summed E-state index contributed by atoms with van der Waals surface area (Å²) in [6.45, 7) is 3.45. The molecule has 0 spiro atoms. The highest BCUT2D eigenvalue weighted by atomic mass is 35.5. The highest BCUT2D eigenvalue weighted by Gasteiger charge is 2.41. The van der Waals surface area contributed by atoms with E-state index in [1.807, 2.05) is 0 Å². The largest absolute Gasteiger partial charge is 0.466 e. The summed E-state index contributed by atoms with van der Waals surface area (Å²) in [5.74, 6) is -2.24. The molecule has 0 unspecified atom stereocenters. The number of non-ortho nitro benzene ring substituents is 1. The summed E-state index contributed by atoms with van der Waals surface area (Å²) in [7, 11) is 2.48. The van der Waals surface area contributed by atoms with Crippen LogP contribution in [0.1, 0.15) is 25.3 Å². The molecule has 2 aromatic rings. The molecule has 1 aliphatic rings. The fraction of sp³-hybridized carbons (Fsp3) is 0.217. The first-order valence-electron chi connectivity index (χ1n) is 9.59. The van der Waals surface area contributed by atoms with Crippen LogP contribution in [0.3, 0.4) is 0 Å². The van der Waals surface area contributed by atoms with E-state index in [0.29, 0.717) is 27.7 Å². The first kappa shape index (κ1) is 23.0. The molecule has 0 radical (unpaired) electrons. The maximum absolute atomic E-state index is 12.9. The number of ether oxygens (including phenoxy) is 2. The summed E-state index contributed by atoms with van der Waals surface area (Å²) in [6, 6.07) is 12.7. The van der Waals surface area contributed by atoms with Gasteiger partial charge in [-0.2, -0.15) is 0 Å². The van der Waals surface area contributed by atoms with Crippen LogP contribution in [0, 0.1) is 10.1 Å². The van der Waals surface area contributed by atoms with Crippen LogP contribution < -0.4 is 4.90 Å². The van der Waals surface area contributed by atoms with E-state index in [4.69, 9.17) is 21.1 Å². The molecule has 0 fully saturated rings. The molecule has 9 heteroatoms. The van der Waals surface area contributed by atoms with Crippen LogP contribution in [-0.4, -0.2) is 31.1 Å². The molecule has 0 saturated heterocycles. The van der Waals surface area contributed by atoms with Crippen molar-refractivity contribution < 1.29 is 24.0 Å². The van der Waals surface area contributed by atoms with Gasteiger partial charge >= 0.3 is 11.9 Å². The molecule has 3 rings (SSSR count). The smallest absolute Gasteiger partial charge is 0.336 e. The van der Waals surface area contributed by atoms with Crippen molar-refractivity contribution in [2.45, 2.75) is 19.8 Å². The van der Waals surface area contributed by atoms with Crippen molar-refractivity contribution in [3.63, 3.8) is 0 Å². The minimum Gasteiger partial charge on any atom is -0.466 e. The van der Waals surface area contributed by atoms with Crippen molar-refractivity contribution in [3.8, 4) is 0 Å². The number of carbonyl (C=O) groups is 2. The summed E-state index contributed by atoms with van der Waals surface area (Å²) >= 11 is 6.02. The van der Waals surface area contributed by atoms with Gasteiger partial charge in [0.25, 0.3) is 5.69 Å². The minimum atomic E-state index is -0.918. The number of anilines is 1. The van der Waals surface area contributed by atoms with E-state index >= 15 is 0 Å². The Labute approximate surface area is 189 Å². The molecule has 1 aliphatic heterocycles. The van der Waals surface area contributed by atoms with Crippen LogP contribution in [-0.2, 0) is 19.1 Å². The van der Waals surface area contributed by atoms with Gasteiger partial charge < -0.3 is 14.4 Å². The topological polar surface area (TPSA) is 99.0 Å². The summed E-state index contributed by atoms with van der Waals surface area (Å²) in [6.07, 6.45) is 0. The molecule has 166 valence electrons. The quantitative estimate of drug-likeness (QED) is 0.363. The number of hydrogen-bond acceptors (Lipinski definition) is 7. The molecule has 0 amide bonds. The second-order valence-corrected chi connectivity index (χ2v) is 7.51. The number of nitrogens with zero attached hydrogens (tertiary/aromatic N) is 2. The molecule has 8 nitrogen and oxygen atoms in total. The standard InChI is InChI=1S/C23H21ClN2O6/c1-13-19(22(27)31-3)21(15-6-5-7-18(12-15)26(29)30)20(23(28)32-4)14(2)25(13)17-10-8-16(24)9-11-17/h5-12,21H,1-4H3. The highest BCUT2D eigenvalue weighted by molar-refractivity contribution is 6.30. The molecule has 2 aromatic carbocycles. The van der Waals surface area contributed by atoms with Gasteiger partial charge in [-0.05, 0) is 43.7 Å². The summed E-state index contributed by atoms with van der Waals surface area (Å²) in [5, 5.41) is 11.9. The first-order valence-corrected chi connectivity index (χ1v) is 9.97. The maximum Gasteiger partial charge on any atom is 0.336 e. The monoisotopic (exact) mass is 456 g/mol. The molecule has 0 aromatic heterocycles. The molecular formula is C23H21ClN2O6. The molecule has 0 bridgehead atoms. The summed E-state index contributed by atoms with van der Waals surface area (Å²) in [5.41, 5.74) is 2.29. The number of rotatable bonds is 5. The maximum atomic E-state index is 12.9. The lowest BCUT2D eigenvalue weighted by molar-refractivity contribution is -0.384. The Morgan fingerprint density at radius 3 is 1.97 bits per heavy atom. The van der Waals surface area contributed by atoms with Crippen molar-refractivity contribution in [3.05, 3.63) is 91.8 Å². The number of methoxy groups -OCH3 is 2. The van der Waals surface area contributed by atoms with E-state index in [-0.39, 0.29) is 16.8 Å². The van der Waals surface area contributed by atoms with E-state index in [2.05, 4.69) is 0 Å². The number of hydrogen-bond donors (Lipinski definition) is 0. The van der Waals surface area contributed by atoms with Crippen molar-refractivity contribution in [2.24, 2.45) is 0 Å². The van der Waals surface area contributed by atoms with Crippen molar-refractivity contribution in [1.29, 1.82) is 0 Å². The number of esters is 2. The highest BCUT2D eigenvalue weighted by Crippen LogP contribution is 2.45. The second kappa shape index (κ2) is 9.23. The molecule has 0 aliphatic carbocycles. The van der Waals surface area contributed by atoms with Gasteiger partial charge in [-0.3, -0.25) is 10.1 Å². The Hall–Kier alpha value is -3.65. The van der Waals surface area contributed by atoms with Crippen molar-refractivity contribution in [2.75, 3.05) is 19.1 Å². The van der Waals surface area contributed by atoms with E-state index in [1.165, 1.54) is 32.4 Å². The molecular weight excluding hydrogens is 436 g/mol. The zero-order valence-electron chi connectivity index (χ0n) is 17.9. The lowest BCUT2D eigenvalue weighted by atomic mass is 9.79. The van der Waals surface area contributed by atoms with Crippen LogP contribution in [0.4, 0.5) is 11.4 Å². The minimum absolute atomic E-state index is 0.161. The van der Waals surface area contributed by atoms with Gasteiger partial charge in [0, 0.05) is 34.2 Å². The fourth-order valence-corrected chi connectivity index (χ4v) is 4.06. The number of benzene rings is 2. The molecule has 0 N–H and O–H groups in total.